The summed E-state index contributed by atoms with van der Waals surface area (Å²) in [4.78, 5) is 24.7. The number of thiophene rings is 1. The van der Waals surface area contributed by atoms with E-state index in [2.05, 4.69) is 15.4 Å². The van der Waals surface area contributed by atoms with Gasteiger partial charge in [-0.05, 0) is 57.5 Å². The number of pyridine rings is 2. The summed E-state index contributed by atoms with van der Waals surface area (Å²) in [6.07, 6.45) is 4.57. The molecular formula is C21H22N4O2S. The number of aromatic nitrogens is 2. The van der Waals surface area contributed by atoms with E-state index in [4.69, 9.17) is 15.5 Å². The van der Waals surface area contributed by atoms with Crippen LogP contribution in [0.1, 0.15) is 33.4 Å². The summed E-state index contributed by atoms with van der Waals surface area (Å²) >= 11 is 1.62. The van der Waals surface area contributed by atoms with Crippen molar-refractivity contribution in [2.45, 2.75) is 33.3 Å². The Labute approximate surface area is 167 Å². The molecule has 7 heteroatoms. The van der Waals surface area contributed by atoms with Gasteiger partial charge in [0.2, 0.25) is 0 Å². The second kappa shape index (κ2) is 7.90. The highest BCUT2D eigenvalue weighted by Crippen LogP contribution is 2.33. The zero-order valence-corrected chi connectivity index (χ0v) is 17.1. The number of amides is 1. The van der Waals surface area contributed by atoms with Gasteiger partial charge >= 0.3 is 6.09 Å². The van der Waals surface area contributed by atoms with Crippen LogP contribution < -0.4 is 5.73 Å². The van der Waals surface area contributed by atoms with Crippen molar-refractivity contribution in [3.8, 4) is 11.1 Å². The van der Waals surface area contributed by atoms with E-state index in [-0.39, 0.29) is 5.84 Å². The number of carbonyl (C=O) groups is 1. The zero-order chi connectivity index (χ0) is 20.3. The molecule has 0 spiro atoms. The van der Waals surface area contributed by atoms with Crippen LogP contribution in [0.25, 0.3) is 26.9 Å². The molecule has 0 aliphatic heterocycles. The Morgan fingerprint density at radius 2 is 1.93 bits per heavy atom. The molecule has 6 nitrogen and oxygen atoms in total. The van der Waals surface area contributed by atoms with E-state index in [0.29, 0.717) is 11.3 Å². The highest BCUT2D eigenvalue weighted by atomic mass is 32.1. The lowest BCUT2D eigenvalue weighted by molar-refractivity contribution is 0.0604. The minimum absolute atomic E-state index is 0.0734. The molecule has 0 aromatic carbocycles. The third kappa shape index (κ3) is 4.43. The molecule has 0 aliphatic rings. The maximum absolute atomic E-state index is 12.0. The van der Waals surface area contributed by atoms with Gasteiger partial charge in [0.05, 0.1) is 15.9 Å². The van der Waals surface area contributed by atoms with E-state index in [0.717, 1.165) is 21.3 Å². The van der Waals surface area contributed by atoms with E-state index in [1.807, 2.05) is 31.2 Å². The predicted molar refractivity (Wildman–Crippen MR) is 114 cm³/mol. The maximum Gasteiger partial charge on any atom is 0.436 e. The minimum Gasteiger partial charge on any atom is -0.442 e. The quantitative estimate of drug-likeness (QED) is 0.496. The molecule has 3 heterocycles. The Hall–Kier alpha value is -3.06. The second-order valence-electron chi connectivity index (χ2n) is 7.11. The van der Waals surface area contributed by atoms with Crippen molar-refractivity contribution in [2.24, 2.45) is 10.7 Å². The number of hydrogen-bond donors (Lipinski definition) is 1. The van der Waals surface area contributed by atoms with Gasteiger partial charge in [-0.25, -0.2) is 9.78 Å². The van der Waals surface area contributed by atoms with Crippen molar-refractivity contribution in [1.82, 2.24) is 9.97 Å². The van der Waals surface area contributed by atoms with Gasteiger partial charge in [0.1, 0.15) is 11.4 Å². The van der Waals surface area contributed by atoms with Gasteiger partial charge in [0.15, 0.2) is 0 Å². The van der Waals surface area contributed by atoms with E-state index < -0.39 is 11.7 Å². The second-order valence-corrected chi connectivity index (χ2v) is 8.02. The number of nitrogens with two attached hydrogens (primary N) is 1. The third-order valence-corrected chi connectivity index (χ3v) is 4.79. The van der Waals surface area contributed by atoms with Crippen LogP contribution in [0.15, 0.2) is 53.1 Å². The van der Waals surface area contributed by atoms with Crippen molar-refractivity contribution in [3.05, 3.63) is 53.8 Å². The average molecular weight is 395 g/mol. The van der Waals surface area contributed by atoms with Gasteiger partial charge in [0.25, 0.3) is 0 Å². The molecule has 0 aliphatic carbocycles. The molecule has 0 unspecified atom stereocenters. The molecule has 1 amide bonds. The monoisotopic (exact) mass is 394 g/mol. The first kappa shape index (κ1) is 19.7. The predicted octanol–water partition coefficient (Wildman–Crippen LogP) is 5.05. The number of hydrogen-bond acceptors (Lipinski definition) is 5. The molecule has 0 atom stereocenters. The highest BCUT2D eigenvalue weighted by Gasteiger charge is 2.18. The lowest BCUT2D eigenvalue weighted by Crippen LogP contribution is -2.24. The molecule has 0 saturated heterocycles. The number of ether oxygens (including phenoxy) is 1. The lowest BCUT2D eigenvalue weighted by Gasteiger charge is -2.17. The fourth-order valence-corrected chi connectivity index (χ4v) is 3.58. The van der Waals surface area contributed by atoms with E-state index in [9.17, 15) is 4.79 Å². The van der Waals surface area contributed by atoms with E-state index in [1.54, 1.807) is 50.6 Å². The fourth-order valence-electron chi connectivity index (χ4n) is 2.67. The number of nitrogens with zero attached hydrogens (tertiary/aromatic N) is 3. The first-order valence-electron chi connectivity index (χ1n) is 8.81. The van der Waals surface area contributed by atoms with Crippen LogP contribution in [0.4, 0.5) is 4.79 Å². The van der Waals surface area contributed by atoms with Crippen molar-refractivity contribution in [2.75, 3.05) is 0 Å². The van der Waals surface area contributed by atoms with E-state index >= 15 is 0 Å². The Balaban J connectivity index is 1.99. The first-order valence-corrected chi connectivity index (χ1v) is 9.69. The summed E-state index contributed by atoms with van der Waals surface area (Å²) in [6, 6.07) is 7.77. The van der Waals surface area contributed by atoms with Gasteiger partial charge in [-0.1, -0.05) is 6.08 Å². The lowest BCUT2D eigenvalue weighted by atomic mass is 10.1. The normalized spacial score (nSPS) is 13.0. The SMILES string of the molecule is C/C=C(\C(N)=N\C(=O)OC(C)(C)C)c1ccc2scc(-c3ccncc3)c2n1. The van der Waals surface area contributed by atoms with Crippen LogP contribution in [0, 0.1) is 0 Å². The van der Waals surface area contributed by atoms with Crippen LogP contribution in [0.2, 0.25) is 0 Å². The fraction of sp³-hybridized carbons (Fsp3) is 0.238. The molecule has 0 saturated carbocycles. The van der Waals surface area contributed by atoms with Crippen LogP contribution in [-0.2, 0) is 4.74 Å². The summed E-state index contributed by atoms with van der Waals surface area (Å²) in [5.74, 6) is 0.0734. The highest BCUT2D eigenvalue weighted by molar-refractivity contribution is 7.17. The molecule has 3 aromatic rings. The number of allylic oxidation sites excluding steroid dienone is 1. The molecule has 2 N–H and O–H groups in total. The third-order valence-electron chi connectivity index (χ3n) is 3.85. The summed E-state index contributed by atoms with van der Waals surface area (Å²) in [7, 11) is 0. The molecule has 28 heavy (non-hydrogen) atoms. The summed E-state index contributed by atoms with van der Waals surface area (Å²) in [5, 5.41) is 2.07. The van der Waals surface area contributed by atoms with E-state index in [1.165, 1.54) is 0 Å². The summed E-state index contributed by atoms with van der Waals surface area (Å²) in [6.45, 7) is 7.16. The largest absolute Gasteiger partial charge is 0.442 e. The molecule has 0 bridgehead atoms. The smallest absolute Gasteiger partial charge is 0.436 e. The maximum atomic E-state index is 12.0. The number of fused-ring (bicyclic) bond motifs is 1. The minimum atomic E-state index is -0.724. The van der Waals surface area contributed by atoms with Gasteiger partial charge in [0, 0.05) is 28.9 Å². The molecule has 0 fully saturated rings. The van der Waals surface area contributed by atoms with Crippen LogP contribution >= 0.6 is 11.3 Å². The Morgan fingerprint density at radius 3 is 2.57 bits per heavy atom. The number of aliphatic imine (C=N–C) groups is 1. The van der Waals surface area contributed by atoms with Crippen molar-refractivity contribution in [1.29, 1.82) is 0 Å². The topological polar surface area (TPSA) is 90.5 Å². The molecule has 3 rings (SSSR count). The van der Waals surface area contributed by atoms with Crippen molar-refractivity contribution < 1.29 is 9.53 Å². The number of rotatable bonds is 3. The Kier molecular flexibility index (Phi) is 5.56. The zero-order valence-electron chi connectivity index (χ0n) is 16.3. The molecule has 144 valence electrons. The van der Waals surface area contributed by atoms with Gasteiger partial charge in [-0.3, -0.25) is 4.98 Å². The van der Waals surface area contributed by atoms with Crippen molar-refractivity contribution in [3.63, 3.8) is 0 Å². The summed E-state index contributed by atoms with van der Waals surface area (Å²) < 4.78 is 6.28. The molecule has 3 aromatic heterocycles. The average Bonchev–Trinajstić information content (AvgIpc) is 3.04. The van der Waals surface area contributed by atoms with Gasteiger partial charge < -0.3 is 10.5 Å². The van der Waals surface area contributed by atoms with Crippen LogP contribution in [0.3, 0.4) is 0 Å². The van der Waals surface area contributed by atoms with Gasteiger partial charge in [-0.15, -0.1) is 11.3 Å². The standard InChI is InChI=1S/C21H22N4O2S/c1-5-14(19(22)25-20(26)27-21(2,3)4)16-6-7-17-18(24-16)15(12-28-17)13-8-10-23-11-9-13/h5-12H,1-4H3,(H2,22,25,26)/b14-5-. The summed E-state index contributed by atoms with van der Waals surface area (Å²) in [5.41, 5.74) is 9.63. The Bertz CT molecular complexity index is 1060. The Morgan fingerprint density at radius 1 is 1.21 bits per heavy atom. The van der Waals surface area contributed by atoms with Crippen molar-refractivity contribution >= 4 is 39.1 Å². The van der Waals surface area contributed by atoms with Crippen LogP contribution in [-0.4, -0.2) is 27.5 Å². The number of carbonyl (C=O) groups excluding carboxylic acids is 1. The van der Waals surface area contributed by atoms with Gasteiger partial charge in [-0.2, -0.15) is 4.99 Å². The van der Waals surface area contributed by atoms with Crippen LogP contribution in [0.5, 0.6) is 0 Å². The molecule has 0 radical (unpaired) electrons. The first-order chi connectivity index (χ1) is 13.3. The number of amidine groups is 1. The molecular weight excluding hydrogens is 372 g/mol.